The van der Waals surface area contributed by atoms with Crippen LogP contribution in [0, 0.1) is 0 Å². The number of allylic oxidation sites excluding steroid dienone is 7. The average Bonchev–Trinajstić information content (AvgIpc) is 3.16. The third-order valence-corrected chi connectivity index (χ3v) is 10.3. The molecular weight excluding hydrogens is 697 g/mol. The number of carbonyl (C=O) groups excluding carboxylic acids is 1. The van der Waals surface area contributed by atoms with Crippen LogP contribution in [0.2, 0.25) is 0 Å². The van der Waals surface area contributed by atoms with E-state index < -0.39 is 13.9 Å². The summed E-state index contributed by atoms with van der Waals surface area (Å²) in [7, 11) is -4.27. The Labute approximate surface area is 332 Å². The van der Waals surface area contributed by atoms with Crippen molar-refractivity contribution in [1.82, 2.24) is 0 Å². The molecule has 0 aliphatic carbocycles. The zero-order chi connectivity index (χ0) is 39.5. The summed E-state index contributed by atoms with van der Waals surface area (Å²) in [4.78, 5) is 22.3. The molecule has 3 N–H and O–H groups in total. The molecule has 0 aromatic rings. The summed E-state index contributed by atoms with van der Waals surface area (Å²) in [5, 5.41) is 0. The lowest BCUT2D eigenvalue weighted by atomic mass is 10.1. The predicted octanol–water partition coefficient (Wildman–Crippen LogP) is 13.5. The highest BCUT2D eigenvalue weighted by Crippen LogP contribution is 2.43. The number of nitrogens with two attached hydrogens (primary N) is 1. The fourth-order valence-electron chi connectivity index (χ4n) is 5.95. The van der Waals surface area contributed by atoms with Gasteiger partial charge in [-0.05, 0) is 83.1 Å². The molecule has 0 fully saturated rings. The van der Waals surface area contributed by atoms with Crippen molar-refractivity contribution in [2.45, 2.75) is 206 Å². The van der Waals surface area contributed by atoms with Gasteiger partial charge in [-0.3, -0.25) is 13.8 Å². The molecule has 316 valence electrons. The second-order valence-corrected chi connectivity index (χ2v) is 16.1. The van der Waals surface area contributed by atoms with Crippen molar-refractivity contribution in [3.8, 4) is 0 Å². The summed E-state index contributed by atoms with van der Waals surface area (Å²) in [5.74, 6) is -0.298. The number of carbonyl (C=O) groups is 1. The Morgan fingerprint density at radius 1 is 0.574 bits per heavy atom. The molecule has 0 bridgehead atoms. The van der Waals surface area contributed by atoms with Crippen molar-refractivity contribution in [2.24, 2.45) is 5.73 Å². The predicted molar refractivity (Wildman–Crippen MR) is 228 cm³/mol. The van der Waals surface area contributed by atoms with Gasteiger partial charge in [-0.15, -0.1) is 0 Å². The van der Waals surface area contributed by atoms with Crippen molar-refractivity contribution in [3.05, 3.63) is 48.8 Å². The van der Waals surface area contributed by atoms with Crippen LogP contribution in [-0.4, -0.2) is 43.3 Å². The van der Waals surface area contributed by atoms with Crippen LogP contribution in [0.4, 0.5) is 0 Å². The van der Waals surface area contributed by atoms with E-state index >= 15 is 0 Å². The third kappa shape index (κ3) is 41.5. The van der Waals surface area contributed by atoms with E-state index in [1.807, 2.05) is 6.08 Å². The van der Waals surface area contributed by atoms with Crippen molar-refractivity contribution in [3.63, 3.8) is 0 Å². The molecule has 0 amide bonds. The SMILES string of the molecule is CCCCCC=CCC=CCCCCCCCCCCCC(=O)OC[C@H](COP(=O)(O)OCCN)OC=CCCCCCCC=CCCCCCCCC. The summed E-state index contributed by atoms with van der Waals surface area (Å²) < 4.78 is 33.2. The molecule has 0 radical (unpaired) electrons. The molecule has 0 aromatic heterocycles. The van der Waals surface area contributed by atoms with E-state index in [2.05, 4.69) is 50.3 Å². The first-order valence-corrected chi connectivity index (χ1v) is 23.7. The first-order chi connectivity index (χ1) is 26.4. The minimum absolute atomic E-state index is 0.0710. The van der Waals surface area contributed by atoms with Gasteiger partial charge in [0.25, 0.3) is 0 Å². The first-order valence-electron chi connectivity index (χ1n) is 22.2. The van der Waals surface area contributed by atoms with Crippen molar-refractivity contribution in [1.29, 1.82) is 0 Å². The number of rotatable bonds is 42. The summed E-state index contributed by atoms with van der Waals surface area (Å²) >= 11 is 0. The van der Waals surface area contributed by atoms with Gasteiger partial charge in [-0.2, -0.15) is 0 Å². The summed E-state index contributed by atoms with van der Waals surface area (Å²) in [6.07, 6.45) is 50.8. The Balaban J connectivity index is 4.07. The van der Waals surface area contributed by atoms with Crippen LogP contribution in [0.15, 0.2) is 48.8 Å². The Hall–Kier alpha value is -1.70. The summed E-state index contributed by atoms with van der Waals surface area (Å²) in [6.45, 7) is 4.18. The lowest BCUT2D eigenvalue weighted by molar-refractivity contribution is -0.147. The lowest BCUT2D eigenvalue weighted by Gasteiger charge is -2.19. The molecule has 0 aliphatic rings. The normalized spacial score (nSPS) is 13.9. The van der Waals surface area contributed by atoms with Crippen LogP contribution in [-0.2, 0) is 27.9 Å². The minimum atomic E-state index is -4.27. The highest BCUT2D eigenvalue weighted by Gasteiger charge is 2.24. The van der Waals surface area contributed by atoms with E-state index in [1.165, 1.54) is 128 Å². The van der Waals surface area contributed by atoms with Crippen LogP contribution >= 0.6 is 7.82 Å². The number of phosphoric acid groups is 1. The van der Waals surface area contributed by atoms with E-state index in [1.54, 1.807) is 6.26 Å². The van der Waals surface area contributed by atoms with Gasteiger partial charge in [0.15, 0.2) is 6.10 Å². The number of unbranched alkanes of at least 4 members (excludes halogenated alkanes) is 23. The second-order valence-electron chi connectivity index (χ2n) is 14.6. The molecule has 9 heteroatoms. The van der Waals surface area contributed by atoms with E-state index in [-0.39, 0.29) is 32.3 Å². The smallest absolute Gasteiger partial charge is 0.472 e. The molecule has 0 saturated heterocycles. The van der Waals surface area contributed by atoms with Gasteiger partial charge in [0, 0.05) is 13.0 Å². The Morgan fingerprint density at radius 2 is 1.00 bits per heavy atom. The van der Waals surface area contributed by atoms with Crippen molar-refractivity contribution < 1.29 is 32.8 Å². The van der Waals surface area contributed by atoms with Gasteiger partial charge < -0.3 is 20.1 Å². The summed E-state index contributed by atoms with van der Waals surface area (Å²) in [5.41, 5.74) is 5.37. The van der Waals surface area contributed by atoms with E-state index in [0.717, 1.165) is 51.4 Å². The second kappa shape index (κ2) is 42.4. The number of esters is 1. The molecule has 2 atom stereocenters. The Morgan fingerprint density at radius 3 is 1.52 bits per heavy atom. The zero-order valence-electron chi connectivity index (χ0n) is 35.0. The average molecular weight is 782 g/mol. The standard InChI is InChI=1S/C45H84NO7P/c1-3-5-7-9-11-13-15-17-19-21-22-23-24-26-28-30-32-34-36-38-45(47)51-42-44(43-53-54(48,49)52-41-39-46)50-40-37-35-33-31-29-27-25-20-18-16-14-12-10-8-6-4-2/h11,13,17-20,37,40,44H,3-10,12,14-16,21-36,38-39,41-43,46H2,1-2H3,(H,48,49)/t44-/m1/s1. The van der Waals surface area contributed by atoms with Gasteiger partial charge in [0.1, 0.15) is 6.61 Å². The number of hydrogen-bond acceptors (Lipinski definition) is 7. The lowest BCUT2D eigenvalue weighted by Crippen LogP contribution is -2.25. The van der Waals surface area contributed by atoms with Gasteiger partial charge >= 0.3 is 13.8 Å². The van der Waals surface area contributed by atoms with Gasteiger partial charge in [-0.1, -0.05) is 153 Å². The fraction of sp³-hybridized carbons (Fsp3) is 0.800. The highest BCUT2D eigenvalue weighted by molar-refractivity contribution is 7.47. The van der Waals surface area contributed by atoms with Crippen molar-refractivity contribution >= 4 is 13.8 Å². The van der Waals surface area contributed by atoms with Crippen LogP contribution in [0.5, 0.6) is 0 Å². The molecule has 0 aliphatic heterocycles. The largest absolute Gasteiger partial charge is 0.492 e. The molecule has 54 heavy (non-hydrogen) atoms. The monoisotopic (exact) mass is 782 g/mol. The molecule has 0 heterocycles. The topological polar surface area (TPSA) is 117 Å². The zero-order valence-corrected chi connectivity index (χ0v) is 35.8. The minimum Gasteiger partial charge on any atom is -0.492 e. The number of phosphoric ester groups is 1. The van der Waals surface area contributed by atoms with Crippen LogP contribution in [0.3, 0.4) is 0 Å². The maximum absolute atomic E-state index is 12.4. The fourth-order valence-corrected chi connectivity index (χ4v) is 6.71. The number of hydrogen-bond donors (Lipinski definition) is 2. The first kappa shape index (κ1) is 52.3. The van der Waals surface area contributed by atoms with Gasteiger partial charge in [0.05, 0.1) is 19.5 Å². The number of ether oxygens (including phenoxy) is 2. The molecule has 1 unspecified atom stereocenters. The molecule has 0 rings (SSSR count). The highest BCUT2D eigenvalue weighted by atomic mass is 31.2. The van der Waals surface area contributed by atoms with Crippen LogP contribution in [0.25, 0.3) is 0 Å². The van der Waals surface area contributed by atoms with E-state index in [9.17, 15) is 14.3 Å². The molecule has 0 saturated carbocycles. The van der Waals surface area contributed by atoms with Gasteiger partial charge in [-0.25, -0.2) is 4.57 Å². The molecule has 0 aromatic carbocycles. The van der Waals surface area contributed by atoms with Crippen molar-refractivity contribution in [2.75, 3.05) is 26.4 Å². The van der Waals surface area contributed by atoms with Crippen LogP contribution < -0.4 is 5.73 Å². The molecule has 0 spiro atoms. The van der Waals surface area contributed by atoms with Gasteiger partial charge in [0.2, 0.25) is 0 Å². The molecule has 8 nitrogen and oxygen atoms in total. The maximum Gasteiger partial charge on any atom is 0.472 e. The third-order valence-electron chi connectivity index (χ3n) is 9.31. The van der Waals surface area contributed by atoms with E-state index in [4.69, 9.17) is 24.3 Å². The Bertz CT molecular complexity index is 968. The summed E-state index contributed by atoms with van der Waals surface area (Å²) in [6, 6.07) is 0. The maximum atomic E-state index is 12.4. The van der Waals surface area contributed by atoms with Crippen LogP contribution in [0.1, 0.15) is 200 Å². The van der Waals surface area contributed by atoms with E-state index in [0.29, 0.717) is 6.42 Å². The quantitative estimate of drug-likeness (QED) is 0.0207. The molecular formula is C45H84NO7P. The Kier molecular flexibility index (Phi) is 41.1.